The third-order valence-electron chi connectivity index (χ3n) is 2.46. The van der Waals surface area contributed by atoms with Gasteiger partial charge in [-0.05, 0) is 36.8 Å². The highest BCUT2D eigenvalue weighted by Gasteiger charge is 1.99. The summed E-state index contributed by atoms with van der Waals surface area (Å²) < 4.78 is 1.03. The highest BCUT2D eigenvalue weighted by atomic mass is 79.9. The first kappa shape index (κ1) is 13.1. The number of hydrogen-bond donors (Lipinski definition) is 1. The molecule has 0 atom stereocenters. The van der Waals surface area contributed by atoms with E-state index in [-0.39, 0.29) is 0 Å². The van der Waals surface area contributed by atoms with Gasteiger partial charge in [0, 0.05) is 4.47 Å². The first-order valence-electron chi connectivity index (χ1n) is 5.47. The Morgan fingerprint density at radius 2 is 1.94 bits per heavy atom. The molecule has 0 saturated heterocycles. The number of halogens is 2. The van der Waals surface area contributed by atoms with E-state index in [2.05, 4.69) is 26.5 Å². The van der Waals surface area contributed by atoms with Crippen molar-refractivity contribution in [2.75, 3.05) is 5.43 Å². The number of hydrogen-bond acceptors (Lipinski definition) is 2. The molecule has 2 nitrogen and oxygen atoms in total. The molecule has 0 saturated carbocycles. The molecule has 0 aliphatic heterocycles. The zero-order valence-electron chi connectivity index (χ0n) is 9.82. The van der Waals surface area contributed by atoms with Gasteiger partial charge in [-0.25, -0.2) is 0 Å². The van der Waals surface area contributed by atoms with E-state index in [1.54, 1.807) is 0 Å². The van der Waals surface area contributed by atoms with Crippen LogP contribution in [0.25, 0.3) is 0 Å². The second-order valence-corrected chi connectivity index (χ2v) is 5.12. The highest BCUT2D eigenvalue weighted by molar-refractivity contribution is 9.10. The van der Waals surface area contributed by atoms with Crippen molar-refractivity contribution in [1.82, 2.24) is 0 Å². The fourth-order valence-corrected chi connectivity index (χ4v) is 2.05. The zero-order valence-corrected chi connectivity index (χ0v) is 12.2. The SMILES string of the molecule is C/C(=N\Nc1ccccc1Cl)c1cccc(Br)c1. The van der Waals surface area contributed by atoms with Crippen molar-refractivity contribution in [3.05, 3.63) is 63.6 Å². The minimum atomic E-state index is 0.656. The summed E-state index contributed by atoms with van der Waals surface area (Å²) in [6, 6.07) is 15.5. The van der Waals surface area contributed by atoms with Crippen molar-refractivity contribution in [2.45, 2.75) is 6.92 Å². The standard InChI is InChI=1S/C14H12BrClN2/c1-10(11-5-4-6-12(15)9-11)17-18-14-8-3-2-7-13(14)16/h2-9,18H,1H3/b17-10+. The first-order chi connectivity index (χ1) is 8.66. The average Bonchev–Trinajstić information content (AvgIpc) is 2.37. The Labute approximate surface area is 120 Å². The number of hydrazone groups is 1. The van der Waals surface area contributed by atoms with Gasteiger partial charge < -0.3 is 0 Å². The molecule has 0 heterocycles. The number of nitrogens with one attached hydrogen (secondary N) is 1. The van der Waals surface area contributed by atoms with Gasteiger partial charge in [-0.3, -0.25) is 5.43 Å². The van der Waals surface area contributed by atoms with Crippen molar-refractivity contribution in [2.24, 2.45) is 5.10 Å². The quantitative estimate of drug-likeness (QED) is 0.628. The number of para-hydroxylation sites is 1. The molecule has 0 aliphatic carbocycles. The Hall–Kier alpha value is -1.32. The van der Waals surface area contributed by atoms with Crippen molar-refractivity contribution in [3.8, 4) is 0 Å². The van der Waals surface area contributed by atoms with Gasteiger partial charge in [-0.1, -0.05) is 51.8 Å². The number of anilines is 1. The molecule has 0 amide bonds. The molecular weight excluding hydrogens is 312 g/mol. The van der Waals surface area contributed by atoms with Gasteiger partial charge in [0.15, 0.2) is 0 Å². The lowest BCUT2D eigenvalue weighted by atomic mass is 10.1. The second-order valence-electron chi connectivity index (χ2n) is 3.80. The van der Waals surface area contributed by atoms with Gasteiger partial charge in [-0.15, -0.1) is 0 Å². The molecular formula is C14H12BrClN2. The molecule has 0 spiro atoms. The van der Waals surface area contributed by atoms with Crippen LogP contribution in [0.5, 0.6) is 0 Å². The lowest BCUT2D eigenvalue weighted by molar-refractivity contribution is 1.32. The average molecular weight is 324 g/mol. The van der Waals surface area contributed by atoms with Crippen molar-refractivity contribution < 1.29 is 0 Å². The Balaban J connectivity index is 2.17. The second kappa shape index (κ2) is 6.03. The molecule has 1 N–H and O–H groups in total. The van der Waals surface area contributed by atoms with Gasteiger partial charge >= 0.3 is 0 Å². The number of nitrogens with zero attached hydrogens (tertiary/aromatic N) is 1. The maximum Gasteiger partial charge on any atom is 0.0748 e. The number of rotatable bonds is 3. The molecule has 0 aromatic heterocycles. The molecule has 92 valence electrons. The summed E-state index contributed by atoms with van der Waals surface area (Å²) in [7, 11) is 0. The van der Waals surface area contributed by atoms with Crippen LogP contribution < -0.4 is 5.43 Å². The molecule has 0 fully saturated rings. The van der Waals surface area contributed by atoms with Gasteiger partial charge in [-0.2, -0.15) is 5.10 Å². The summed E-state index contributed by atoms with van der Waals surface area (Å²) in [4.78, 5) is 0. The van der Waals surface area contributed by atoms with E-state index < -0.39 is 0 Å². The summed E-state index contributed by atoms with van der Waals surface area (Å²) in [5.74, 6) is 0. The summed E-state index contributed by atoms with van der Waals surface area (Å²) in [6.07, 6.45) is 0. The highest BCUT2D eigenvalue weighted by Crippen LogP contribution is 2.20. The lowest BCUT2D eigenvalue weighted by Gasteiger charge is -2.05. The topological polar surface area (TPSA) is 24.4 Å². The van der Waals surface area contributed by atoms with E-state index in [0.29, 0.717) is 5.02 Å². The van der Waals surface area contributed by atoms with E-state index in [9.17, 15) is 0 Å². The zero-order chi connectivity index (χ0) is 13.0. The Morgan fingerprint density at radius 3 is 2.67 bits per heavy atom. The Bertz CT molecular complexity index is 582. The van der Waals surface area contributed by atoms with Crippen molar-refractivity contribution >= 4 is 38.9 Å². The lowest BCUT2D eigenvalue weighted by Crippen LogP contribution is -1.99. The smallest absolute Gasteiger partial charge is 0.0748 e. The maximum absolute atomic E-state index is 6.04. The van der Waals surface area contributed by atoms with Crippen LogP contribution in [0.15, 0.2) is 58.1 Å². The fourth-order valence-electron chi connectivity index (χ4n) is 1.47. The molecule has 2 aromatic carbocycles. The predicted octanol–water partition coefficient (Wildman–Crippen LogP) is 4.94. The fraction of sp³-hybridized carbons (Fsp3) is 0.0714. The third-order valence-corrected chi connectivity index (χ3v) is 3.28. The van der Waals surface area contributed by atoms with Gasteiger partial charge in [0.25, 0.3) is 0 Å². The van der Waals surface area contributed by atoms with Crippen LogP contribution in [-0.2, 0) is 0 Å². The first-order valence-corrected chi connectivity index (χ1v) is 6.64. The van der Waals surface area contributed by atoms with Crippen molar-refractivity contribution in [1.29, 1.82) is 0 Å². The summed E-state index contributed by atoms with van der Waals surface area (Å²) >= 11 is 9.48. The Kier molecular flexibility index (Phi) is 4.39. The molecule has 0 aliphatic rings. The van der Waals surface area contributed by atoms with E-state index in [0.717, 1.165) is 21.4 Å². The van der Waals surface area contributed by atoms with E-state index in [1.165, 1.54) is 0 Å². The van der Waals surface area contributed by atoms with E-state index in [4.69, 9.17) is 11.6 Å². The summed E-state index contributed by atoms with van der Waals surface area (Å²) in [6.45, 7) is 1.95. The van der Waals surface area contributed by atoms with Gasteiger partial charge in [0.2, 0.25) is 0 Å². The molecule has 0 bridgehead atoms. The van der Waals surface area contributed by atoms with Crippen LogP contribution in [0.2, 0.25) is 5.02 Å². The van der Waals surface area contributed by atoms with Gasteiger partial charge in [0.05, 0.1) is 16.4 Å². The molecule has 4 heteroatoms. The normalized spacial score (nSPS) is 11.4. The van der Waals surface area contributed by atoms with Crippen LogP contribution in [0.1, 0.15) is 12.5 Å². The summed E-state index contributed by atoms with van der Waals surface area (Å²) in [5.41, 5.74) is 5.73. The monoisotopic (exact) mass is 322 g/mol. The predicted molar refractivity (Wildman–Crippen MR) is 81.4 cm³/mol. The molecule has 0 radical (unpaired) electrons. The van der Waals surface area contributed by atoms with Crippen LogP contribution in [-0.4, -0.2) is 5.71 Å². The molecule has 2 aromatic rings. The molecule has 0 unspecified atom stereocenters. The number of benzene rings is 2. The third kappa shape index (κ3) is 3.34. The molecule has 18 heavy (non-hydrogen) atoms. The van der Waals surface area contributed by atoms with Crippen LogP contribution in [0, 0.1) is 0 Å². The van der Waals surface area contributed by atoms with Crippen LogP contribution in [0.3, 0.4) is 0 Å². The van der Waals surface area contributed by atoms with Crippen molar-refractivity contribution in [3.63, 3.8) is 0 Å². The van der Waals surface area contributed by atoms with Crippen LogP contribution >= 0.6 is 27.5 Å². The summed E-state index contributed by atoms with van der Waals surface area (Å²) in [5, 5.41) is 4.98. The molecule has 2 rings (SSSR count). The minimum absolute atomic E-state index is 0.656. The maximum atomic E-state index is 6.04. The van der Waals surface area contributed by atoms with E-state index in [1.807, 2.05) is 55.5 Å². The Morgan fingerprint density at radius 1 is 1.17 bits per heavy atom. The van der Waals surface area contributed by atoms with Gasteiger partial charge in [0.1, 0.15) is 0 Å². The largest absolute Gasteiger partial charge is 0.277 e. The van der Waals surface area contributed by atoms with E-state index >= 15 is 0 Å². The van der Waals surface area contributed by atoms with Crippen LogP contribution in [0.4, 0.5) is 5.69 Å². The minimum Gasteiger partial charge on any atom is -0.277 e.